The molecular weight excluding hydrogens is 232 g/mol. The second-order valence-corrected chi connectivity index (χ2v) is 4.57. The maximum absolute atomic E-state index is 11.8. The van der Waals surface area contributed by atoms with Gasteiger partial charge >= 0.3 is 0 Å². The summed E-state index contributed by atoms with van der Waals surface area (Å²) in [5, 5.41) is 12.9. The molecule has 0 aromatic carbocycles. The van der Waals surface area contributed by atoms with E-state index in [0.717, 1.165) is 31.5 Å². The first-order valence-corrected chi connectivity index (χ1v) is 6.30. The number of methoxy groups -OCH3 is 1. The van der Waals surface area contributed by atoms with Crippen LogP contribution in [0.4, 0.5) is 0 Å². The highest BCUT2D eigenvalue weighted by molar-refractivity contribution is 5.76. The topological polar surface area (TPSA) is 79.0 Å². The van der Waals surface area contributed by atoms with Gasteiger partial charge in [0.15, 0.2) is 0 Å². The molecule has 0 saturated carbocycles. The Labute approximate surface area is 106 Å². The fraction of sp³-hybridized carbons (Fsp3) is 0.667. The molecule has 3 N–H and O–H groups in total. The smallest absolute Gasteiger partial charge is 0.220 e. The number of carbonyl (C=O) groups excluding carboxylic acids is 1. The van der Waals surface area contributed by atoms with E-state index >= 15 is 0 Å². The molecule has 2 rings (SSSR count). The van der Waals surface area contributed by atoms with E-state index in [2.05, 4.69) is 20.8 Å². The lowest BCUT2D eigenvalue weighted by Gasteiger charge is -2.18. The molecule has 6 heteroatoms. The third-order valence-electron chi connectivity index (χ3n) is 3.23. The van der Waals surface area contributed by atoms with Gasteiger partial charge in [-0.1, -0.05) is 0 Å². The fourth-order valence-electron chi connectivity index (χ4n) is 2.19. The highest BCUT2D eigenvalue weighted by atomic mass is 16.5. The normalized spacial score (nSPS) is 23.2. The molecule has 1 amide bonds. The molecule has 1 aliphatic heterocycles. The number of aromatic nitrogens is 2. The van der Waals surface area contributed by atoms with Crippen LogP contribution < -0.4 is 10.6 Å². The highest BCUT2D eigenvalue weighted by Crippen LogP contribution is 2.06. The molecule has 0 bridgehead atoms. The quantitative estimate of drug-likeness (QED) is 0.657. The maximum Gasteiger partial charge on any atom is 0.220 e. The van der Waals surface area contributed by atoms with Crippen LogP contribution in [0.3, 0.4) is 0 Å². The van der Waals surface area contributed by atoms with Crippen LogP contribution in [0.5, 0.6) is 0 Å². The van der Waals surface area contributed by atoms with Crippen molar-refractivity contribution in [1.82, 2.24) is 20.8 Å². The first kappa shape index (κ1) is 13.0. The molecule has 0 unspecified atom stereocenters. The lowest BCUT2D eigenvalue weighted by atomic mass is 10.1. The number of ether oxygens (including phenoxy) is 1. The molecule has 1 aliphatic rings. The van der Waals surface area contributed by atoms with Gasteiger partial charge in [0.2, 0.25) is 5.91 Å². The molecule has 1 saturated heterocycles. The van der Waals surface area contributed by atoms with Gasteiger partial charge in [-0.25, -0.2) is 0 Å². The monoisotopic (exact) mass is 252 g/mol. The average Bonchev–Trinajstić information content (AvgIpc) is 3.00. The molecule has 2 heterocycles. The summed E-state index contributed by atoms with van der Waals surface area (Å²) in [6.45, 7) is 1.59. The number of hydrogen-bond donors (Lipinski definition) is 3. The van der Waals surface area contributed by atoms with Crippen molar-refractivity contribution in [1.29, 1.82) is 0 Å². The Kier molecular flexibility index (Phi) is 4.72. The lowest BCUT2D eigenvalue weighted by molar-refractivity contribution is -0.122. The Hall–Kier alpha value is -1.40. The number of carbonyl (C=O) groups is 1. The summed E-state index contributed by atoms with van der Waals surface area (Å²) in [7, 11) is 1.68. The number of hydrogen-bond acceptors (Lipinski definition) is 4. The van der Waals surface area contributed by atoms with E-state index in [1.165, 1.54) is 0 Å². The molecule has 1 aromatic heterocycles. The maximum atomic E-state index is 11.8. The Morgan fingerprint density at radius 3 is 3.22 bits per heavy atom. The van der Waals surface area contributed by atoms with Gasteiger partial charge in [0.05, 0.1) is 18.3 Å². The minimum absolute atomic E-state index is 0.0859. The molecule has 1 aromatic rings. The minimum atomic E-state index is 0.0859. The predicted octanol–water partition coefficient (Wildman–Crippen LogP) is -0.165. The van der Waals surface area contributed by atoms with Crippen LogP contribution in [-0.4, -0.2) is 48.4 Å². The van der Waals surface area contributed by atoms with Gasteiger partial charge in [-0.15, -0.1) is 0 Å². The van der Waals surface area contributed by atoms with Crippen molar-refractivity contribution in [3.05, 3.63) is 18.0 Å². The standard InChI is InChI=1S/C12H20N4O2/c1-18-11-8-13-7-10(11)16-12(17)4-2-3-9-5-14-15-6-9/h5-6,10-11,13H,2-4,7-8H2,1H3,(H,14,15)(H,16,17)/t10-,11-/m0/s1. The molecule has 18 heavy (non-hydrogen) atoms. The van der Waals surface area contributed by atoms with Crippen LogP contribution >= 0.6 is 0 Å². The van der Waals surface area contributed by atoms with E-state index in [1.807, 2.05) is 6.20 Å². The Morgan fingerprint density at radius 1 is 1.61 bits per heavy atom. The van der Waals surface area contributed by atoms with E-state index < -0.39 is 0 Å². The SMILES string of the molecule is CO[C@H]1CNC[C@@H]1NC(=O)CCCc1cn[nH]c1. The molecule has 0 radical (unpaired) electrons. The molecule has 2 atom stereocenters. The third-order valence-corrected chi connectivity index (χ3v) is 3.23. The lowest BCUT2D eigenvalue weighted by Crippen LogP contribution is -2.43. The van der Waals surface area contributed by atoms with Crippen molar-refractivity contribution in [2.24, 2.45) is 0 Å². The number of aromatic amines is 1. The third kappa shape index (κ3) is 3.54. The molecule has 0 aliphatic carbocycles. The van der Waals surface area contributed by atoms with E-state index in [-0.39, 0.29) is 18.1 Å². The Morgan fingerprint density at radius 2 is 2.50 bits per heavy atom. The number of rotatable bonds is 6. The summed E-state index contributed by atoms with van der Waals surface area (Å²) in [5.74, 6) is 0.0919. The first-order chi connectivity index (χ1) is 8.79. The minimum Gasteiger partial charge on any atom is -0.378 e. The largest absolute Gasteiger partial charge is 0.378 e. The van der Waals surface area contributed by atoms with E-state index in [1.54, 1.807) is 13.3 Å². The van der Waals surface area contributed by atoms with Crippen molar-refractivity contribution in [3.8, 4) is 0 Å². The number of nitrogens with one attached hydrogen (secondary N) is 3. The van der Waals surface area contributed by atoms with Gasteiger partial charge in [0.1, 0.15) is 0 Å². The zero-order chi connectivity index (χ0) is 12.8. The van der Waals surface area contributed by atoms with Crippen LogP contribution in [-0.2, 0) is 16.0 Å². The van der Waals surface area contributed by atoms with E-state index in [4.69, 9.17) is 4.74 Å². The van der Waals surface area contributed by atoms with Crippen molar-refractivity contribution >= 4 is 5.91 Å². The summed E-state index contributed by atoms with van der Waals surface area (Å²) >= 11 is 0. The number of nitrogens with zero attached hydrogens (tertiary/aromatic N) is 1. The second-order valence-electron chi connectivity index (χ2n) is 4.57. The van der Waals surface area contributed by atoms with Crippen LogP contribution in [0.2, 0.25) is 0 Å². The zero-order valence-electron chi connectivity index (χ0n) is 10.6. The molecular formula is C12H20N4O2. The zero-order valence-corrected chi connectivity index (χ0v) is 10.6. The van der Waals surface area contributed by atoms with Crippen molar-refractivity contribution in [3.63, 3.8) is 0 Å². The second kappa shape index (κ2) is 6.51. The van der Waals surface area contributed by atoms with Crippen molar-refractivity contribution < 1.29 is 9.53 Å². The summed E-state index contributed by atoms with van der Waals surface area (Å²) in [6, 6.07) is 0.0939. The predicted molar refractivity (Wildman–Crippen MR) is 67.1 cm³/mol. The summed E-state index contributed by atoms with van der Waals surface area (Å²) < 4.78 is 5.30. The van der Waals surface area contributed by atoms with Gasteiger partial charge in [0.25, 0.3) is 0 Å². The summed E-state index contributed by atoms with van der Waals surface area (Å²) in [4.78, 5) is 11.8. The van der Waals surface area contributed by atoms with Crippen molar-refractivity contribution in [2.45, 2.75) is 31.4 Å². The average molecular weight is 252 g/mol. The van der Waals surface area contributed by atoms with E-state index in [9.17, 15) is 4.79 Å². The molecule has 1 fully saturated rings. The summed E-state index contributed by atoms with van der Waals surface area (Å²) in [6.07, 6.45) is 5.99. The van der Waals surface area contributed by atoms with Gasteiger partial charge in [-0.05, 0) is 18.4 Å². The van der Waals surface area contributed by atoms with Crippen LogP contribution in [0, 0.1) is 0 Å². The Balaban J connectivity index is 1.65. The van der Waals surface area contributed by atoms with Gasteiger partial charge in [-0.3, -0.25) is 9.89 Å². The number of amides is 1. The number of aryl methyl sites for hydroxylation is 1. The van der Waals surface area contributed by atoms with E-state index in [0.29, 0.717) is 6.42 Å². The van der Waals surface area contributed by atoms with Gasteiger partial charge in [-0.2, -0.15) is 5.10 Å². The first-order valence-electron chi connectivity index (χ1n) is 6.30. The number of H-pyrrole nitrogens is 1. The molecule has 6 nitrogen and oxygen atoms in total. The van der Waals surface area contributed by atoms with Crippen LogP contribution in [0.1, 0.15) is 18.4 Å². The molecule has 100 valence electrons. The van der Waals surface area contributed by atoms with Crippen LogP contribution in [0.25, 0.3) is 0 Å². The molecule has 0 spiro atoms. The Bertz CT molecular complexity index is 366. The summed E-state index contributed by atoms with van der Waals surface area (Å²) in [5.41, 5.74) is 1.14. The fourth-order valence-corrected chi connectivity index (χ4v) is 2.19. The van der Waals surface area contributed by atoms with Gasteiger partial charge < -0.3 is 15.4 Å². The van der Waals surface area contributed by atoms with Crippen LogP contribution in [0.15, 0.2) is 12.4 Å². The van der Waals surface area contributed by atoms with Crippen molar-refractivity contribution in [2.75, 3.05) is 20.2 Å². The highest BCUT2D eigenvalue weighted by Gasteiger charge is 2.27. The van der Waals surface area contributed by atoms with Gasteiger partial charge in [0, 0.05) is 32.8 Å².